The average Bonchev–Trinajstić information content (AvgIpc) is 3.15. The number of hydrogen-bond acceptors (Lipinski definition) is 4. The number of amides is 1. The Morgan fingerprint density at radius 1 is 1.03 bits per heavy atom. The summed E-state index contributed by atoms with van der Waals surface area (Å²) in [6, 6.07) is 22.3. The lowest BCUT2D eigenvalue weighted by molar-refractivity contribution is 0.0949. The van der Waals surface area contributed by atoms with Crippen molar-refractivity contribution in [1.82, 2.24) is 14.9 Å². The highest BCUT2D eigenvalue weighted by molar-refractivity contribution is 6.30. The van der Waals surface area contributed by atoms with Crippen molar-refractivity contribution in [3.63, 3.8) is 0 Å². The van der Waals surface area contributed by atoms with E-state index in [1.54, 1.807) is 31.4 Å². The predicted molar refractivity (Wildman–Crippen MR) is 121 cm³/mol. The molecular formula is C24H22ClN3O3. The van der Waals surface area contributed by atoms with Crippen molar-refractivity contribution in [2.45, 2.75) is 13.1 Å². The highest BCUT2D eigenvalue weighted by Gasteiger charge is 2.13. The minimum atomic E-state index is -0.202. The van der Waals surface area contributed by atoms with Gasteiger partial charge in [-0.2, -0.15) is 0 Å². The summed E-state index contributed by atoms with van der Waals surface area (Å²) in [5, 5.41) is 3.45. The van der Waals surface area contributed by atoms with E-state index in [-0.39, 0.29) is 12.5 Å². The van der Waals surface area contributed by atoms with E-state index in [4.69, 9.17) is 26.1 Å². The van der Waals surface area contributed by atoms with E-state index >= 15 is 0 Å². The summed E-state index contributed by atoms with van der Waals surface area (Å²) in [7, 11) is 1.62. The maximum Gasteiger partial charge on any atom is 0.251 e. The molecule has 1 heterocycles. The first kappa shape index (κ1) is 20.8. The Hall–Kier alpha value is -3.51. The first-order chi connectivity index (χ1) is 15.2. The van der Waals surface area contributed by atoms with E-state index < -0.39 is 0 Å². The summed E-state index contributed by atoms with van der Waals surface area (Å²) in [6.45, 7) is 1.28. The molecule has 1 N–H and O–H groups in total. The predicted octanol–water partition coefficient (Wildman–Crippen LogP) is 4.71. The molecule has 0 unspecified atom stereocenters. The van der Waals surface area contributed by atoms with Crippen molar-refractivity contribution in [3.05, 3.63) is 89.2 Å². The van der Waals surface area contributed by atoms with Crippen LogP contribution in [-0.4, -0.2) is 29.2 Å². The summed E-state index contributed by atoms with van der Waals surface area (Å²) in [6.07, 6.45) is 0. The van der Waals surface area contributed by atoms with Crippen molar-refractivity contribution >= 4 is 28.5 Å². The van der Waals surface area contributed by atoms with E-state index in [0.29, 0.717) is 35.2 Å². The van der Waals surface area contributed by atoms with Gasteiger partial charge in [0.25, 0.3) is 5.91 Å². The van der Waals surface area contributed by atoms with Gasteiger partial charge in [0, 0.05) is 10.6 Å². The molecule has 0 aliphatic rings. The fourth-order valence-electron chi connectivity index (χ4n) is 3.39. The molecule has 3 aromatic carbocycles. The van der Waals surface area contributed by atoms with Gasteiger partial charge in [-0.15, -0.1) is 0 Å². The lowest BCUT2D eigenvalue weighted by Crippen LogP contribution is -2.25. The SMILES string of the molecule is COc1ccccc1OCCn1c(CNC(=O)c2cccc(Cl)c2)nc2ccccc21. The van der Waals surface area contributed by atoms with E-state index in [0.717, 1.165) is 16.9 Å². The molecule has 0 bridgehead atoms. The lowest BCUT2D eigenvalue weighted by atomic mass is 10.2. The second kappa shape index (κ2) is 9.53. The molecule has 31 heavy (non-hydrogen) atoms. The molecule has 0 saturated carbocycles. The van der Waals surface area contributed by atoms with Gasteiger partial charge in [0.1, 0.15) is 12.4 Å². The number of hydrogen-bond donors (Lipinski definition) is 1. The lowest BCUT2D eigenvalue weighted by Gasteiger charge is -2.13. The summed E-state index contributed by atoms with van der Waals surface area (Å²) < 4.78 is 13.3. The Kier molecular flexibility index (Phi) is 6.38. The number of fused-ring (bicyclic) bond motifs is 1. The van der Waals surface area contributed by atoms with Crippen molar-refractivity contribution < 1.29 is 14.3 Å². The Labute approximate surface area is 185 Å². The number of carbonyl (C=O) groups is 1. The third kappa shape index (κ3) is 4.81. The minimum Gasteiger partial charge on any atom is -0.493 e. The number of methoxy groups -OCH3 is 1. The van der Waals surface area contributed by atoms with Crippen LogP contribution in [0, 0.1) is 0 Å². The Morgan fingerprint density at radius 3 is 2.61 bits per heavy atom. The van der Waals surface area contributed by atoms with Crippen LogP contribution < -0.4 is 14.8 Å². The minimum absolute atomic E-state index is 0.202. The van der Waals surface area contributed by atoms with Gasteiger partial charge in [0.2, 0.25) is 0 Å². The number of imidazole rings is 1. The van der Waals surface area contributed by atoms with Gasteiger partial charge in [0.05, 0.1) is 31.2 Å². The van der Waals surface area contributed by atoms with Crippen LogP contribution in [0.1, 0.15) is 16.2 Å². The summed E-state index contributed by atoms with van der Waals surface area (Å²) in [4.78, 5) is 17.2. The maximum absolute atomic E-state index is 12.5. The fraction of sp³-hybridized carbons (Fsp3) is 0.167. The molecule has 0 saturated heterocycles. The Morgan fingerprint density at radius 2 is 1.81 bits per heavy atom. The van der Waals surface area contributed by atoms with Crippen LogP contribution in [0.3, 0.4) is 0 Å². The molecule has 4 rings (SSSR count). The number of ether oxygens (including phenoxy) is 2. The second-order valence-electron chi connectivity index (χ2n) is 6.86. The number of nitrogens with one attached hydrogen (secondary N) is 1. The molecule has 0 aliphatic carbocycles. The van der Waals surface area contributed by atoms with Crippen molar-refractivity contribution in [3.8, 4) is 11.5 Å². The number of rotatable bonds is 8. The number of nitrogens with zero attached hydrogens (tertiary/aromatic N) is 2. The first-order valence-electron chi connectivity index (χ1n) is 9.89. The maximum atomic E-state index is 12.5. The first-order valence-corrected chi connectivity index (χ1v) is 10.3. The fourth-order valence-corrected chi connectivity index (χ4v) is 3.58. The standard InChI is InChI=1S/C24H22ClN3O3/c1-30-21-11-4-5-12-22(21)31-14-13-28-20-10-3-2-9-19(20)27-23(28)16-26-24(29)17-7-6-8-18(25)15-17/h2-12,15H,13-14,16H2,1H3,(H,26,29). The second-order valence-corrected chi connectivity index (χ2v) is 7.30. The molecule has 4 aromatic rings. The molecule has 6 nitrogen and oxygen atoms in total. The average molecular weight is 436 g/mol. The van der Waals surface area contributed by atoms with Gasteiger partial charge in [-0.3, -0.25) is 4.79 Å². The molecule has 7 heteroatoms. The molecule has 0 spiro atoms. The quantitative estimate of drug-likeness (QED) is 0.435. The zero-order chi connectivity index (χ0) is 21.6. The zero-order valence-corrected chi connectivity index (χ0v) is 17.8. The smallest absolute Gasteiger partial charge is 0.251 e. The van der Waals surface area contributed by atoms with Crippen LogP contribution in [0.5, 0.6) is 11.5 Å². The van der Waals surface area contributed by atoms with Crippen LogP contribution in [0.4, 0.5) is 0 Å². The third-order valence-electron chi connectivity index (χ3n) is 4.87. The molecular weight excluding hydrogens is 414 g/mol. The van der Waals surface area contributed by atoms with Gasteiger partial charge < -0.3 is 19.4 Å². The van der Waals surface area contributed by atoms with Gasteiger partial charge in [-0.25, -0.2) is 4.98 Å². The largest absolute Gasteiger partial charge is 0.493 e. The van der Waals surface area contributed by atoms with Crippen molar-refractivity contribution in [2.24, 2.45) is 0 Å². The van der Waals surface area contributed by atoms with E-state index in [9.17, 15) is 4.79 Å². The van der Waals surface area contributed by atoms with Crippen molar-refractivity contribution in [1.29, 1.82) is 0 Å². The van der Waals surface area contributed by atoms with E-state index in [1.807, 2.05) is 48.5 Å². The number of aromatic nitrogens is 2. The van der Waals surface area contributed by atoms with Gasteiger partial charge in [0.15, 0.2) is 11.5 Å². The zero-order valence-electron chi connectivity index (χ0n) is 17.0. The highest BCUT2D eigenvalue weighted by Crippen LogP contribution is 2.26. The van der Waals surface area contributed by atoms with Crippen molar-refractivity contribution in [2.75, 3.05) is 13.7 Å². The highest BCUT2D eigenvalue weighted by atomic mass is 35.5. The molecule has 158 valence electrons. The molecule has 0 radical (unpaired) electrons. The Balaban J connectivity index is 1.49. The van der Waals surface area contributed by atoms with Crippen LogP contribution in [0.25, 0.3) is 11.0 Å². The number of benzene rings is 3. The van der Waals surface area contributed by atoms with Crippen LogP contribution >= 0.6 is 11.6 Å². The van der Waals surface area contributed by atoms with Crippen LogP contribution in [-0.2, 0) is 13.1 Å². The molecule has 1 amide bonds. The molecule has 0 fully saturated rings. The van der Waals surface area contributed by atoms with Gasteiger partial charge in [-0.1, -0.05) is 41.9 Å². The normalized spacial score (nSPS) is 10.8. The number of carbonyl (C=O) groups excluding carboxylic acids is 1. The third-order valence-corrected chi connectivity index (χ3v) is 5.10. The van der Waals surface area contributed by atoms with Crippen LogP contribution in [0.15, 0.2) is 72.8 Å². The molecule has 0 atom stereocenters. The number of halogens is 1. The molecule has 1 aromatic heterocycles. The topological polar surface area (TPSA) is 65.4 Å². The van der Waals surface area contributed by atoms with Crippen LogP contribution in [0.2, 0.25) is 5.02 Å². The summed E-state index contributed by atoms with van der Waals surface area (Å²) in [5.74, 6) is 1.92. The monoisotopic (exact) mass is 435 g/mol. The number of para-hydroxylation sites is 4. The summed E-state index contributed by atoms with van der Waals surface area (Å²) in [5.41, 5.74) is 2.36. The van der Waals surface area contributed by atoms with Gasteiger partial charge in [-0.05, 0) is 42.5 Å². The van der Waals surface area contributed by atoms with E-state index in [1.165, 1.54) is 0 Å². The summed E-state index contributed by atoms with van der Waals surface area (Å²) >= 11 is 5.99. The Bertz CT molecular complexity index is 1210. The van der Waals surface area contributed by atoms with Gasteiger partial charge >= 0.3 is 0 Å². The molecule has 0 aliphatic heterocycles. The van der Waals surface area contributed by atoms with E-state index in [2.05, 4.69) is 9.88 Å².